The van der Waals surface area contributed by atoms with Crippen LogP contribution >= 0.6 is 12.4 Å². The van der Waals surface area contributed by atoms with E-state index in [1.165, 1.54) is 12.8 Å². The molecule has 0 aromatic heterocycles. The highest BCUT2D eigenvalue weighted by atomic mass is 35.5. The number of hydrogen-bond donors (Lipinski definition) is 2. The molecule has 0 atom stereocenters. The Morgan fingerprint density at radius 3 is 1.60 bits per heavy atom. The van der Waals surface area contributed by atoms with E-state index in [1.54, 1.807) is 0 Å². The molecular formula is C12H21ClN2. The van der Waals surface area contributed by atoms with Crippen LogP contribution in [0.5, 0.6) is 0 Å². The monoisotopic (exact) mass is 228 g/mol. The van der Waals surface area contributed by atoms with Gasteiger partial charge in [0.2, 0.25) is 0 Å². The summed E-state index contributed by atoms with van der Waals surface area (Å²) in [6.07, 6.45) is 6.17. The molecule has 86 valence electrons. The predicted molar refractivity (Wildman–Crippen MR) is 69.6 cm³/mol. The fraction of sp³-hybridized carbons (Fsp3) is 0.500. The summed E-state index contributed by atoms with van der Waals surface area (Å²) >= 11 is 0. The lowest BCUT2D eigenvalue weighted by Gasteiger charge is -2.02. The zero-order valence-corrected chi connectivity index (χ0v) is 10.0. The molecule has 15 heavy (non-hydrogen) atoms. The fourth-order valence-electron chi connectivity index (χ4n) is 0.993. The van der Waals surface area contributed by atoms with Gasteiger partial charge in [0.25, 0.3) is 0 Å². The van der Waals surface area contributed by atoms with E-state index in [4.69, 9.17) is 0 Å². The first-order valence-electron chi connectivity index (χ1n) is 5.02. The Kier molecular flexibility index (Phi) is 17.5. The molecule has 0 unspecified atom stereocenters. The van der Waals surface area contributed by atoms with E-state index in [0.29, 0.717) is 0 Å². The zero-order chi connectivity index (χ0) is 10.5. The summed E-state index contributed by atoms with van der Waals surface area (Å²) in [7, 11) is 0. The van der Waals surface area contributed by atoms with Crippen LogP contribution < -0.4 is 10.6 Å². The van der Waals surface area contributed by atoms with Crippen molar-refractivity contribution in [3.63, 3.8) is 0 Å². The molecule has 0 amide bonds. The van der Waals surface area contributed by atoms with Gasteiger partial charge in [0.05, 0.1) is 0 Å². The molecular weight excluding hydrogens is 208 g/mol. The Bertz CT molecular complexity index is 190. The van der Waals surface area contributed by atoms with E-state index in [9.17, 15) is 0 Å². The van der Waals surface area contributed by atoms with Crippen LogP contribution in [0.25, 0.3) is 0 Å². The summed E-state index contributed by atoms with van der Waals surface area (Å²) in [5.41, 5.74) is 5.45. The third-order valence-electron chi connectivity index (χ3n) is 1.74. The van der Waals surface area contributed by atoms with Gasteiger partial charge in [-0.2, -0.15) is 0 Å². The number of unbranched alkanes of at least 4 members (excludes halogenated alkanes) is 1. The Labute approximate surface area is 99.2 Å². The average Bonchev–Trinajstić information content (AvgIpc) is 2.21. The van der Waals surface area contributed by atoms with Crippen LogP contribution in [0.3, 0.4) is 0 Å². The highest BCUT2D eigenvalue weighted by molar-refractivity contribution is 5.85. The third-order valence-corrected chi connectivity index (χ3v) is 1.74. The highest BCUT2D eigenvalue weighted by Gasteiger charge is 1.86. The minimum absolute atomic E-state index is 0. The summed E-state index contributed by atoms with van der Waals surface area (Å²) in [6.45, 7) is 10.8. The van der Waals surface area contributed by atoms with Gasteiger partial charge < -0.3 is 10.6 Å². The first-order valence-corrected chi connectivity index (χ1v) is 5.02. The summed E-state index contributed by atoms with van der Waals surface area (Å²) in [5, 5.41) is 6.54. The number of halogens is 1. The maximum atomic E-state index is 3.49. The van der Waals surface area contributed by atoms with Crippen LogP contribution in [-0.4, -0.2) is 26.2 Å². The molecule has 0 fully saturated rings. The summed E-state index contributed by atoms with van der Waals surface area (Å²) in [5.74, 6) is 0. The standard InChI is InChI=1S/C12H20N2.ClH/c1-3-5-9-13-11-7-8-12-14-10-6-4-2;/h5-6,13-14H,1-2,7-12H2;1H. The van der Waals surface area contributed by atoms with Crippen LogP contribution in [0.15, 0.2) is 36.8 Å². The SMILES string of the molecule is C=C=CCNCCCCNCC=C=C.Cl. The Hall–Kier alpha value is -0.750. The molecule has 0 rings (SSSR count). The smallest absolute Gasteiger partial charge is 0.0209 e. The molecule has 0 aliphatic rings. The molecule has 0 saturated heterocycles. The molecule has 0 aromatic rings. The van der Waals surface area contributed by atoms with E-state index in [2.05, 4.69) is 35.3 Å². The van der Waals surface area contributed by atoms with Crippen LogP contribution in [0.1, 0.15) is 12.8 Å². The van der Waals surface area contributed by atoms with Gasteiger partial charge in [-0.25, -0.2) is 0 Å². The minimum Gasteiger partial charge on any atom is -0.313 e. The second kappa shape index (κ2) is 15.7. The van der Waals surface area contributed by atoms with Crippen molar-refractivity contribution in [3.05, 3.63) is 36.8 Å². The lowest BCUT2D eigenvalue weighted by Crippen LogP contribution is -2.18. The van der Waals surface area contributed by atoms with Crippen LogP contribution in [0.4, 0.5) is 0 Å². The topological polar surface area (TPSA) is 24.1 Å². The normalized spacial score (nSPS) is 8.27. The number of rotatable bonds is 9. The highest BCUT2D eigenvalue weighted by Crippen LogP contribution is 1.83. The fourth-order valence-corrected chi connectivity index (χ4v) is 0.993. The Morgan fingerprint density at radius 2 is 1.27 bits per heavy atom. The minimum atomic E-state index is 0. The molecule has 0 spiro atoms. The molecule has 0 radical (unpaired) electrons. The van der Waals surface area contributed by atoms with E-state index in [0.717, 1.165) is 26.2 Å². The van der Waals surface area contributed by atoms with Crippen molar-refractivity contribution >= 4 is 12.4 Å². The van der Waals surface area contributed by atoms with Gasteiger partial charge >= 0.3 is 0 Å². The second-order valence-electron chi connectivity index (χ2n) is 2.93. The van der Waals surface area contributed by atoms with E-state index in [1.807, 2.05) is 12.2 Å². The maximum absolute atomic E-state index is 3.49. The molecule has 0 aliphatic carbocycles. The second-order valence-corrected chi connectivity index (χ2v) is 2.93. The number of nitrogens with one attached hydrogen (secondary N) is 2. The van der Waals surface area contributed by atoms with Crippen LogP contribution in [0.2, 0.25) is 0 Å². The molecule has 2 N–H and O–H groups in total. The van der Waals surface area contributed by atoms with Gasteiger partial charge in [0.15, 0.2) is 0 Å². The number of hydrogen-bond acceptors (Lipinski definition) is 2. The Balaban J connectivity index is 0. The van der Waals surface area contributed by atoms with Crippen molar-refractivity contribution in [2.45, 2.75) is 12.8 Å². The van der Waals surface area contributed by atoms with Gasteiger partial charge in [0.1, 0.15) is 0 Å². The van der Waals surface area contributed by atoms with E-state index < -0.39 is 0 Å². The summed E-state index contributed by atoms with van der Waals surface area (Å²) < 4.78 is 0. The third kappa shape index (κ3) is 16.0. The van der Waals surface area contributed by atoms with Gasteiger partial charge in [0, 0.05) is 13.1 Å². The Morgan fingerprint density at radius 1 is 0.867 bits per heavy atom. The average molecular weight is 229 g/mol. The maximum Gasteiger partial charge on any atom is 0.0209 e. The first-order chi connectivity index (χ1) is 6.91. The van der Waals surface area contributed by atoms with Gasteiger partial charge in [-0.05, 0) is 38.1 Å². The molecule has 0 aromatic carbocycles. The van der Waals surface area contributed by atoms with E-state index in [-0.39, 0.29) is 12.4 Å². The van der Waals surface area contributed by atoms with Gasteiger partial charge in [-0.1, -0.05) is 13.2 Å². The van der Waals surface area contributed by atoms with Crippen LogP contribution in [0, 0.1) is 0 Å². The van der Waals surface area contributed by atoms with Crippen LogP contribution in [-0.2, 0) is 0 Å². The summed E-state index contributed by atoms with van der Waals surface area (Å²) in [6, 6.07) is 0. The zero-order valence-electron chi connectivity index (χ0n) is 9.22. The lowest BCUT2D eigenvalue weighted by atomic mass is 10.3. The molecule has 0 heterocycles. The van der Waals surface area contributed by atoms with Crippen molar-refractivity contribution in [1.29, 1.82) is 0 Å². The van der Waals surface area contributed by atoms with Gasteiger partial charge in [-0.15, -0.1) is 23.9 Å². The molecule has 3 heteroatoms. The molecule has 0 aliphatic heterocycles. The van der Waals surface area contributed by atoms with E-state index >= 15 is 0 Å². The molecule has 0 saturated carbocycles. The lowest BCUT2D eigenvalue weighted by molar-refractivity contribution is 0.617. The predicted octanol–water partition coefficient (Wildman–Crippen LogP) is 2.05. The van der Waals surface area contributed by atoms with Crippen molar-refractivity contribution in [2.75, 3.05) is 26.2 Å². The van der Waals surface area contributed by atoms with Crippen molar-refractivity contribution in [3.8, 4) is 0 Å². The molecule has 2 nitrogen and oxygen atoms in total. The quantitative estimate of drug-likeness (QED) is 0.466. The van der Waals surface area contributed by atoms with Crippen molar-refractivity contribution < 1.29 is 0 Å². The van der Waals surface area contributed by atoms with Crippen molar-refractivity contribution in [2.24, 2.45) is 0 Å². The first kappa shape index (κ1) is 16.7. The summed E-state index contributed by atoms with van der Waals surface area (Å²) in [4.78, 5) is 0. The largest absolute Gasteiger partial charge is 0.313 e. The van der Waals surface area contributed by atoms with Gasteiger partial charge in [-0.3, -0.25) is 0 Å². The molecule has 0 bridgehead atoms. The van der Waals surface area contributed by atoms with Crippen molar-refractivity contribution in [1.82, 2.24) is 10.6 Å².